The molecule has 1 heterocycles. The van der Waals surface area contributed by atoms with E-state index in [-0.39, 0.29) is 10.6 Å². The van der Waals surface area contributed by atoms with Crippen molar-refractivity contribution in [3.63, 3.8) is 0 Å². The molecule has 5 heteroatoms. The van der Waals surface area contributed by atoms with Crippen LogP contribution in [0.4, 0.5) is 5.69 Å². The van der Waals surface area contributed by atoms with E-state index in [1.165, 1.54) is 0 Å². The minimum atomic E-state index is -0.342. The first-order chi connectivity index (χ1) is 10.2. The smallest absolute Gasteiger partial charge is 0.295 e. The lowest BCUT2D eigenvalue weighted by atomic mass is 10.2. The SMILES string of the molecule is O=[N+]([O-])c1cn(-c2ccc(Cl)cc2)c2/c1=C\C=C/CC\C=2. The molecule has 0 atom stereocenters. The first kappa shape index (κ1) is 13.6. The van der Waals surface area contributed by atoms with E-state index in [9.17, 15) is 10.1 Å². The van der Waals surface area contributed by atoms with Gasteiger partial charge in [0.25, 0.3) is 5.69 Å². The minimum absolute atomic E-state index is 0.114. The summed E-state index contributed by atoms with van der Waals surface area (Å²) in [5.41, 5.74) is 0.973. The number of fused-ring (bicyclic) bond motifs is 1. The fourth-order valence-electron chi connectivity index (χ4n) is 2.44. The summed E-state index contributed by atoms with van der Waals surface area (Å²) in [6.07, 6.45) is 11.1. The molecule has 0 N–H and O–H groups in total. The molecule has 1 aliphatic rings. The molecule has 21 heavy (non-hydrogen) atoms. The highest BCUT2D eigenvalue weighted by Gasteiger charge is 2.15. The Morgan fingerprint density at radius 2 is 1.95 bits per heavy atom. The zero-order valence-electron chi connectivity index (χ0n) is 11.2. The lowest BCUT2D eigenvalue weighted by Gasteiger charge is -2.03. The normalized spacial score (nSPS) is 18.3. The van der Waals surface area contributed by atoms with Crippen LogP contribution < -0.4 is 10.6 Å². The topological polar surface area (TPSA) is 48.1 Å². The molecular formula is C16H13ClN2O2. The third kappa shape index (κ3) is 2.62. The van der Waals surface area contributed by atoms with Crippen molar-refractivity contribution >= 4 is 29.4 Å². The van der Waals surface area contributed by atoms with Gasteiger partial charge in [0.2, 0.25) is 0 Å². The van der Waals surface area contributed by atoms with Crippen molar-refractivity contribution in [2.75, 3.05) is 0 Å². The van der Waals surface area contributed by atoms with Crippen molar-refractivity contribution in [1.29, 1.82) is 0 Å². The number of aromatic nitrogens is 1. The summed E-state index contributed by atoms with van der Waals surface area (Å²) in [7, 11) is 0. The van der Waals surface area contributed by atoms with Crippen LogP contribution in [0.15, 0.2) is 42.6 Å². The molecule has 0 saturated heterocycles. The van der Waals surface area contributed by atoms with Crippen LogP contribution >= 0.6 is 11.6 Å². The van der Waals surface area contributed by atoms with Gasteiger partial charge in [-0.25, -0.2) is 0 Å². The van der Waals surface area contributed by atoms with Gasteiger partial charge in [-0.15, -0.1) is 0 Å². The lowest BCUT2D eigenvalue weighted by Crippen LogP contribution is -2.29. The Hall–Kier alpha value is -2.33. The number of hydrogen-bond acceptors (Lipinski definition) is 2. The molecule has 0 bridgehead atoms. The van der Waals surface area contributed by atoms with Gasteiger partial charge < -0.3 is 4.57 Å². The first-order valence-corrected chi connectivity index (χ1v) is 7.03. The molecule has 0 amide bonds. The van der Waals surface area contributed by atoms with E-state index in [0.717, 1.165) is 23.9 Å². The first-order valence-electron chi connectivity index (χ1n) is 6.65. The lowest BCUT2D eigenvalue weighted by molar-refractivity contribution is -0.385. The van der Waals surface area contributed by atoms with Crippen LogP contribution in [0, 0.1) is 10.1 Å². The Bertz CT molecular complexity index is 832. The highest BCUT2D eigenvalue weighted by Crippen LogP contribution is 2.14. The summed E-state index contributed by atoms with van der Waals surface area (Å²) in [6, 6.07) is 7.27. The molecule has 0 spiro atoms. The van der Waals surface area contributed by atoms with E-state index in [1.807, 2.05) is 34.9 Å². The number of allylic oxidation sites excluding steroid dienone is 2. The van der Waals surface area contributed by atoms with E-state index in [4.69, 9.17) is 11.6 Å². The average Bonchev–Trinajstić information content (AvgIpc) is 2.77. The third-order valence-corrected chi connectivity index (χ3v) is 3.69. The molecule has 106 valence electrons. The van der Waals surface area contributed by atoms with Crippen molar-refractivity contribution in [1.82, 2.24) is 4.57 Å². The van der Waals surface area contributed by atoms with E-state index in [1.54, 1.807) is 24.4 Å². The van der Waals surface area contributed by atoms with Crippen molar-refractivity contribution in [3.8, 4) is 5.69 Å². The quantitative estimate of drug-likeness (QED) is 0.632. The Balaban J connectivity index is 2.32. The number of hydrogen-bond donors (Lipinski definition) is 0. The molecule has 4 nitrogen and oxygen atoms in total. The highest BCUT2D eigenvalue weighted by atomic mass is 35.5. The second-order valence-corrected chi connectivity index (χ2v) is 5.23. The van der Waals surface area contributed by atoms with Crippen LogP contribution in [0.25, 0.3) is 17.8 Å². The number of nitrogens with zero attached hydrogens (tertiary/aromatic N) is 2. The van der Waals surface area contributed by atoms with Gasteiger partial charge in [0.05, 0.1) is 21.7 Å². The van der Waals surface area contributed by atoms with Gasteiger partial charge in [-0.05, 0) is 43.2 Å². The van der Waals surface area contributed by atoms with Crippen LogP contribution in [0.2, 0.25) is 5.02 Å². The maximum atomic E-state index is 11.3. The van der Waals surface area contributed by atoms with E-state index < -0.39 is 0 Å². The molecule has 1 aliphatic carbocycles. The van der Waals surface area contributed by atoms with Gasteiger partial charge in [-0.2, -0.15) is 0 Å². The van der Waals surface area contributed by atoms with Crippen molar-refractivity contribution < 1.29 is 4.92 Å². The van der Waals surface area contributed by atoms with Crippen LogP contribution in [0.1, 0.15) is 12.8 Å². The Kier molecular flexibility index (Phi) is 3.62. The van der Waals surface area contributed by atoms with Crippen LogP contribution in [0.5, 0.6) is 0 Å². The summed E-state index contributed by atoms with van der Waals surface area (Å²) in [6.45, 7) is 0. The fraction of sp³-hybridized carbons (Fsp3) is 0.125. The predicted octanol–water partition coefficient (Wildman–Crippen LogP) is 2.95. The van der Waals surface area contributed by atoms with E-state index in [0.29, 0.717) is 10.2 Å². The number of rotatable bonds is 2. The Morgan fingerprint density at radius 3 is 2.67 bits per heavy atom. The van der Waals surface area contributed by atoms with Crippen LogP contribution in [-0.2, 0) is 0 Å². The van der Waals surface area contributed by atoms with Gasteiger partial charge in [-0.1, -0.05) is 29.8 Å². The molecule has 0 aliphatic heterocycles. The molecule has 3 rings (SSSR count). The monoisotopic (exact) mass is 300 g/mol. The van der Waals surface area contributed by atoms with Crippen LogP contribution in [-0.4, -0.2) is 9.49 Å². The largest absolute Gasteiger partial charge is 0.310 e. The van der Waals surface area contributed by atoms with Crippen molar-refractivity contribution in [2.24, 2.45) is 0 Å². The second kappa shape index (κ2) is 5.58. The maximum Gasteiger partial charge on any atom is 0.295 e. The minimum Gasteiger partial charge on any atom is -0.310 e. The summed E-state index contributed by atoms with van der Waals surface area (Å²) in [4.78, 5) is 10.9. The Morgan fingerprint density at radius 1 is 1.19 bits per heavy atom. The third-order valence-electron chi connectivity index (χ3n) is 3.43. The number of benzene rings is 1. The summed E-state index contributed by atoms with van der Waals surface area (Å²) in [5.74, 6) is 0. The van der Waals surface area contributed by atoms with Gasteiger partial charge in [0.15, 0.2) is 0 Å². The van der Waals surface area contributed by atoms with E-state index in [2.05, 4.69) is 0 Å². The molecule has 1 aromatic heterocycles. The Labute approximate surface area is 126 Å². The average molecular weight is 301 g/mol. The molecular weight excluding hydrogens is 288 g/mol. The molecule has 2 aromatic rings. The number of nitro groups is 1. The van der Waals surface area contributed by atoms with Crippen LogP contribution in [0.3, 0.4) is 0 Å². The van der Waals surface area contributed by atoms with Gasteiger partial charge in [0.1, 0.15) is 0 Å². The summed E-state index contributed by atoms with van der Waals surface area (Å²) >= 11 is 5.91. The summed E-state index contributed by atoms with van der Waals surface area (Å²) in [5, 5.41) is 13.4. The molecule has 0 unspecified atom stereocenters. The molecule has 0 saturated carbocycles. The zero-order valence-corrected chi connectivity index (χ0v) is 12.0. The van der Waals surface area contributed by atoms with Gasteiger partial charge in [-0.3, -0.25) is 10.1 Å². The maximum absolute atomic E-state index is 11.3. The standard InChI is InChI=1S/C16H13ClN2O2/c17-12-7-9-13(10-8-12)18-11-16(19(20)21)14-5-3-1-2-4-6-15(14)18/h1,3,5-11H,2,4H2/b3-1-,14-5+,15-6+. The number of halogens is 1. The molecule has 0 fully saturated rings. The molecule has 1 aromatic carbocycles. The summed E-state index contributed by atoms with van der Waals surface area (Å²) < 4.78 is 1.85. The highest BCUT2D eigenvalue weighted by molar-refractivity contribution is 6.30. The second-order valence-electron chi connectivity index (χ2n) is 4.79. The van der Waals surface area contributed by atoms with E-state index >= 15 is 0 Å². The van der Waals surface area contributed by atoms with Crippen molar-refractivity contribution in [2.45, 2.75) is 12.8 Å². The fourth-order valence-corrected chi connectivity index (χ4v) is 2.56. The van der Waals surface area contributed by atoms with Gasteiger partial charge >= 0.3 is 0 Å². The van der Waals surface area contributed by atoms with Gasteiger partial charge in [0, 0.05) is 10.7 Å². The zero-order chi connectivity index (χ0) is 14.8. The van der Waals surface area contributed by atoms with Crippen molar-refractivity contribution in [3.05, 3.63) is 68.3 Å². The predicted molar refractivity (Wildman–Crippen MR) is 84.0 cm³/mol. The molecule has 0 radical (unpaired) electrons.